The van der Waals surface area contributed by atoms with Crippen molar-refractivity contribution < 1.29 is 14.1 Å². The van der Waals surface area contributed by atoms with Crippen molar-refractivity contribution in [2.75, 3.05) is 26.2 Å². The van der Waals surface area contributed by atoms with Crippen LogP contribution in [0.2, 0.25) is 0 Å². The zero-order chi connectivity index (χ0) is 21.1. The van der Waals surface area contributed by atoms with Crippen LogP contribution in [0, 0.1) is 11.8 Å². The maximum Gasteiger partial charge on any atom is 0.241 e. The van der Waals surface area contributed by atoms with Gasteiger partial charge in [0.1, 0.15) is 0 Å². The smallest absolute Gasteiger partial charge is 0.241 e. The summed E-state index contributed by atoms with van der Waals surface area (Å²) >= 11 is 3.46. The van der Waals surface area contributed by atoms with E-state index in [4.69, 9.17) is 10.3 Å². The lowest BCUT2D eigenvalue weighted by molar-refractivity contribution is -0.140. The summed E-state index contributed by atoms with van der Waals surface area (Å²) < 4.78 is 6.40. The van der Waals surface area contributed by atoms with Crippen molar-refractivity contribution in [3.63, 3.8) is 0 Å². The van der Waals surface area contributed by atoms with Gasteiger partial charge in [-0.1, -0.05) is 33.2 Å². The number of amides is 2. The predicted octanol–water partition coefficient (Wildman–Crippen LogP) is 2.44. The third kappa shape index (κ3) is 4.89. The van der Waals surface area contributed by atoms with Crippen molar-refractivity contribution in [1.29, 1.82) is 0 Å². The molecule has 2 saturated heterocycles. The largest absolute Gasteiger partial charge is 0.369 e. The molecule has 0 aliphatic carbocycles. The van der Waals surface area contributed by atoms with Gasteiger partial charge in [0.2, 0.25) is 23.5 Å². The van der Waals surface area contributed by atoms with Gasteiger partial charge in [-0.15, -0.1) is 0 Å². The summed E-state index contributed by atoms with van der Waals surface area (Å²) in [6.45, 7) is 3.50. The second-order valence-corrected chi connectivity index (χ2v) is 8.99. The van der Waals surface area contributed by atoms with E-state index < -0.39 is 0 Å². The number of hydrogen-bond acceptors (Lipinski definition) is 6. The molecule has 2 fully saturated rings. The average molecular weight is 476 g/mol. The molecule has 2 amide bonds. The van der Waals surface area contributed by atoms with Crippen molar-refractivity contribution in [2.45, 2.75) is 32.2 Å². The maximum absolute atomic E-state index is 12.8. The van der Waals surface area contributed by atoms with E-state index in [-0.39, 0.29) is 23.7 Å². The van der Waals surface area contributed by atoms with Crippen LogP contribution in [0.3, 0.4) is 0 Å². The summed E-state index contributed by atoms with van der Waals surface area (Å²) in [4.78, 5) is 32.8. The lowest BCUT2D eigenvalue weighted by Crippen LogP contribution is -2.46. The van der Waals surface area contributed by atoms with E-state index in [2.05, 4.69) is 31.0 Å². The van der Waals surface area contributed by atoms with E-state index in [1.165, 1.54) is 0 Å². The molecule has 160 valence electrons. The van der Waals surface area contributed by atoms with E-state index in [9.17, 15) is 9.59 Å². The molecule has 3 heterocycles. The van der Waals surface area contributed by atoms with Crippen molar-refractivity contribution in [1.82, 2.24) is 19.9 Å². The number of halogens is 1. The van der Waals surface area contributed by atoms with Gasteiger partial charge in [0, 0.05) is 35.0 Å². The van der Waals surface area contributed by atoms with Crippen LogP contribution < -0.4 is 5.73 Å². The number of rotatable bonds is 5. The summed E-state index contributed by atoms with van der Waals surface area (Å²) in [5, 5.41) is 4.09. The SMILES string of the molecule is NC(=O)C1CCN(C(=O)C2CCN(Cc3nc(-c4cccc(Br)c4)no3)CC2)CC1. The third-order valence-corrected chi connectivity index (χ3v) is 6.55. The molecule has 30 heavy (non-hydrogen) atoms. The summed E-state index contributed by atoms with van der Waals surface area (Å²) in [5.41, 5.74) is 6.29. The van der Waals surface area contributed by atoms with Crippen LogP contribution in [0.1, 0.15) is 31.6 Å². The molecule has 1 aromatic carbocycles. The topological polar surface area (TPSA) is 106 Å². The summed E-state index contributed by atoms with van der Waals surface area (Å²) in [7, 11) is 0. The highest BCUT2D eigenvalue weighted by Crippen LogP contribution is 2.25. The molecule has 2 N–H and O–H groups in total. The second-order valence-electron chi connectivity index (χ2n) is 8.07. The number of primary amides is 1. The van der Waals surface area contributed by atoms with Gasteiger partial charge in [0.05, 0.1) is 6.54 Å². The van der Waals surface area contributed by atoms with Crippen molar-refractivity contribution in [3.05, 3.63) is 34.6 Å². The molecule has 0 unspecified atom stereocenters. The molecule has 2 aromatic rings. The standard InChI is InChI=1S/C21H26BrN5O3/c22-17-3-1-2-16(12-17)20-24-18(30-25-20)13-26-8-4-15(5-9-26)21(29)27-10-6-14(7-11-27)19(23)28/h1-3,12,14-15H,4-11,13H2,(H2,23,28). The number of aromatic nitrogens is 2. The predicted molar refractivity (Wildman–Crippen MR) is 114 cm³/mol. The monoisotopic (exact) mass is 475 g/mol. The quantitative estimate of drug-likeness (QED) is 0.711. The number of piperidine rings is 2. The highest BCUT2D eigenvalue weighted by Gasteiger charge is 2.32. The molecule has 1 aromatic heterocycles. The number of carbonyl (C=O) groups excluding carboxylic acids is 2. The van der Waals surface area contributed by atoms with Crippen molar-refractivity contribution in [3.8, 4) is 11.4 Å². The fourth-order valence-electron chi connectivity index (χ4n) is 4.24. The lowest BCUT2D eigenvalue weighted by Gasteiger charge is -2.36. The summed E-state index contributed by atoms with van der Waals surface area (Å²) in [6, 6.07) is 7.80. The molecular formula is C21H26BrN5O3. The minimum absolute atomic E-state index is 0.0475. The molecule has 0 radical (unpaired) electrons. The van der Waals surface area contributed by atoms with Gasteiger partial charge < -0.3 is 15.2 Å². The van der Waals surface area contributed by atoms with Gasteiger partial charge in [-0.3, -0.25) is 14.5 Å². The van der Waals surface area contributed by atoms with Crippen LogP contribution in [0.5, 0.6) is 0 Å². The summed E-state index contributed by atoms with van der Waals surface area (Å²) in [5.74, 6) is 1.09. The molecule has 8 nitrogen and oxygen atoms in total. The minimum atomic E-state index is -0.250. The highest BCUT2D eigenvalue weighted by molar-refractivity contribution is 9.10. The molecule has 0 bridgehead atoms. The Balaban J connectivity index is 1.26. The van der Waals surface area contributed by atoms with Crippen LogP contribution in [0.25, 0.3) is 11.4 Å². The van der Waals surface area contributed by atoms with Crippen LogP contribution in [0.15, 0.2) is 33.3 Å². The molecular weight excluding hydrogens is 450 g/mol. The molecule has 0 atom stereocenters. The molecule has 0 saturated carbocycles. The van der Waals surface area contributed by atoms with Crippen molar-refractivity contribution >= 4 is 27.7 Å². The Labute approximate surface area is 183 Å². The van der Waals surface area contributed by atoms with Crippen LogP contribution in [-0.2, 0) is 16.1 Å². The van der Waals surface area contributed by atoms with E-state index in [1.54, 1.807) is 0 Å². The molecule has 0 spiro atoms. The highest BCUT2D eigenvalue weighted by atomic mass is 79.9. The Kier molecular flexibility index (Phi) is 6.48. The molecule has 2 aliphatic heterocycles. The average Bonchev–Trinajstić information content (AvgIpc) is 3.22. The van der Waals surface area contributed by atoms with Crippen molar-refractivity contribution in [2.24, 2.45) is 17.6 Å². The number of benzene rings is 1. The van der Waals surface area contributed by atoms with Gasteiger partial charge in [-0.25, -0.2) is 0 Å². The number of carbonyl (C=O) groups is 2. The van der Waals surface area contributed by atoms with E-state index in [0.717, 1.165) is 36.0 Å². The first-order valence-electron chi connectivity index (χ1n) is 10.4. The van der Waals surface area contributed by atoms with E-state index in [1.807, 2.05) is 29.2 Å². The Bertz CT molecular complexity index is 902. The normalized spacial score (nSPS) is 19.2. The first-order valence-corrected chi connectivity index (χ1v) is 11.2. The third-order valence-electron chi connectivity index (χ3n) is 6.06. The van der Waals surface area contributed by atoms with Crippen LogP contribution >= 0.6 is 15.9 Å². The van der Waals surface area contributed by atoms with E-state index in [0.29, 0.717) is 44.2 Å². The van der Waals surface area contributed by atoms with Gasteiger partial charge in [0.15, 0.2) is 0 Å². The van der Waals surface area contributed by atoms with Crippen LogP contribution in [-0.4, -0.2) is 57.9 Å². The first-order chi connectivity index (χ1) is 14.5. The fraction of sp³-hybridized carbons (Fsp3) is 0.524. The van der Waals surface area contributed by atoms with Gasteiger partial charge >= 0.3 is 0 Å². The number of nitrogens with zero attached hydrogens (tertiary/aromatic N) is 4. The number of nitrogens with two attached hydrogens (primary N) is 1. The Morgan fingerprint density at radius 3 is 2.47 bits per heavy atom. The Morgan fingerprint density at radius 1 is 1.10 bits per heavy atom. The number of likely N-dealkylation sites (tertiary alicyclic amines) is 2. The summed E-state index contributed by atoms with van der Waals surface area (Å²) in [6.07, 6.45) is 3.00. The Hall–Kier alpha value is -2.26. The Morgan fingerprint density at radius 2 is 1.80 bits per heavy atom. The zero-order valence-corrected chi connectivity index (χ0v) is 18.4. The minimum Gasteiger partial charge on any atom is -0.369 e. The fourth-order valence-corrected chi connectivity index (χ4v) is 4.64. The zero-order valence-electron chi connectivity index (χ0n) is 16.8. The van der Waals surface area contributed by atoms with Crippen LogP contribution in [0.4, 0.5) is 0 Å². The molecule has 2 aliphatic rings. The van der Waals surface area contributed by atoms with Gasteiger partial charge in [-0.05, 0) is 50.9 Å². The molecule has 9 heteroatoms. The van der Waals surface area contributed by atoms with Gasteiger partial charge in [0.25, 0.3) is 0 Å². The second kappa shape index (κ2) is 9.26. The first kappa shape index (κ1) is 21.0. The number of hydrogen-bond donors (Lipinski definition) is 1. The van der Waals surface area contributed by atoms with Gasteiger partial charge in [-0.2, -0.15) is 4.98 Å². The lowest BCUT2D eigenvalue weighted by atomic mass is 9.92. The molecule has 4 rings (SSSR count). The van der Waals surface area contributed by atoms with E-state index >= 15 is 0 Å². The maximum atomic E-state index is 12.8.